The van der Waals surface area contributed by atoms with E-state index in [1.807, 2.05) is 67.6 Å². The number of benzene rings is 3. The fourth-order valence-corrected chi connectivity index (χ4v) is 4.32. The summed E-state index contributed by atoms with van der Waals surface area (Å²) in [6.07, 6.45) is 3.24. The number of hydrogen-bond donors (Lipinski definition) is 1. The van der Waals surface area contributed by atoms with E-state index in [0.29, 0.717) is 29.7 Å². The first-order valence-corrected chi connectivity index (χ1v) is 12.8. The fourth-order valence-electron chi connectivity index (χ4n) is 3.55. The van der Waals surface area contributed by atoms with E-state index >= 15 is 0 Å². The predicted octanol–water partition coefficient (Wildman–Crippen LogP) is 7.58. The Labute approximate surface area is 220 Å². The van der Waals surface area contributed by atoms with Crippen LogP contribution in [0.2, 0.25) is 5.02 Å². The summed E-state index contributed by atoms with van der Waals surface area (Å²) in [6, 6.07) is 19.1. The Balaban J connectivity index is 1.69. The summed E-state index contributed by atoms with van der Waals surface area (Å²) in [6.45, 7) is 8.82. The highest BCUT2D eigenvalue weighted by molar-refractivity contribution is 9.10. The lowest BCUT2D eigenvalue weighted by molar-refractivity contribution is -0.111. The van der Waals surface area contributed by atoms with Crippen LogP contribution in [0, 0.1) is 0 Å². The van der Waals surface area contributed by atoms with E-state index in [2.05, 4.69) is 40.0 Å². The maximum Gasteiger partial charge on any atom is 0.248 e. The molecule has 0 saturated carbocycles. The molecule has 184 valence electrons. The van der Waals surface area contributed by atoms with E-state index in [1.165, 1.54) is 6.08 Å². The van der Waals surface area contributed by atoms with Gasteiger partial charge in [-0.1, -0.05) is 29.8 Å². The number of carbonyl (C=O) groups is 1. The second-order valence-electron chi connectivity index (χ2n) is 7.68. The Hall–Kier alpha value is -2.96. The van der Waals surface area contributed by atoms with Gasteiger partial charge in [-0.15, -0.1) is 0 Å². The molecule has 0 unspecified atom stereocenters. The van der Waals surface area contributed by atoms with Crippen molar-refractivity contribution in [2.75, 3.05) is 29.9 Å². The van der Waals surface area contributed by atoms with Gasteiger partial charge >= 0.3 is 0 Å². The third-order valence-corrected chi connectivity index (χ3v) is 6.31. The molecule has 0 heterocycles. The number of nitrogens with zero attached hydrogens (tertiary/aromatic N) is 1. The van der Waals surface area contributed by atoms with Gasteiger partial charge in [0.2, 0.25) is 5.91 Å². The lowest BCUT2D eigenvalue weighted by Gasteiger charge is -2.21. The summed E-state index contributed by atoms with van der Waals surface area (Å²) in [7, 11) is 0. The number of carbonyl (C=O) groups excluding carboxylic acids is 1. The van der Waals surface area contributed by atoms with Gasteiger partial charge in [0.1, 0.15) is 6.61 Å². The van der Waals surface area contributed by atoms with Crippen LogP contribution in [0.5, 0.6) is 11.5 Å². The molecule has 3 aromatic rings. The molecule has 0 aliphatic heterocycles. The van der Waals surface area contributed by atoms with E-state index in [0.717, 1.165) is 40.1 Å². The minimum atomic E-state index is -0.214. The molecular weight excluding hydrogens is 528 g/mol. The van der Waals surface area contributed by atoms with Crippen LogP contribution in [0.15, 0.2) is 71.2 Å². The highest BCUT2D eigenvalue weighted by atomic mass is 79.9. The minimum Gasteiger partial charge on any atom is -0.490 e. The highest BCUT2D eigenvalue weighted by Gasteiger charge is 2.13. The molecule has 0 atom stereocenters. The van der Waals surface area contributed by atoms with Gasteiger partial charge in [0.25, 0.3) is 0 Å². The summed E-state index contributed by atoms with van der Waals surface area (Å²) >= 11 is 9.82. The molecule has 0 radical (unpaired) electrons. The van der Waals surface area contributed by atoms with E-state index in [4.69, 9.17) is 21.1 Å². The van der Waals surface area contributed by atoms with Gasteiger partial charge in [0.05, 0.1) is 11.1 Å². The van der Waals surface area contributed by atoms with Crippen molar-refractivity contribution in [3.8, 4) is 11.5 Å². The number of ether oxygens (including phenoxy) is 2. The van der Waals surface area contributed by atoms with Crippen LogP contribution in [0.4, 0.5) is 11.4 Å². The van der Waals surface area contributed by atoms with E-state index in [1.54, 1.807) is 6.08 Å². The zero-order chi connectivity index (χ0) is 25.2. The first kappa shape index (κ1) is 26.6. The van der Waals surface area contributed by atoms with Crippen molar-refractivity contribution in [2.45, 2.75) is 27.4 Å². The SMILES string of the molecule is CCOc1cc(/C=C/C(=O)Nc2ccc(N(CC)CC)cc2)cc(Br)c1OCc1ccccc1Cl. The number of amides is 1. The van der Waals surface area contributed by atoms with Gasteiger partial charge < -0.3 is 19.7 Å². The van der Waals surface area contributed by atoms with Crippen molar-refractivity contribution in [3.05, 3.63) is 87.4 Å². The van der Waals surface area contributed by atoms with Gasteiger partial charge in [-0.05, 0) is 90.8 Å². The Morgan fingerprint density at radius 2 is 1.74 bits per heavy atom. The maximum atomic E-state index is 12.5. The lowest BCUT2D eigenvalue weighted by atomic mass is 10.1. The third kappa shape index (κ3) is 7.51. The third-order valence-electron chi connectivity index (χ3n) is 5.35. The zero-order valence-electron chi connectivity index (χ0n) is 20.2. The molecule has 0 spiro atoms. The van der Waals surface area contributed by atoms with Crippen LogP contribution in [-0.4, -0.2) is 25.6 Å². The first-order chi connectivity index (χ1) is 16.9. The van der Waals surface area contributed by atoms with Crippen LogP contribution < -0.4 is 19.7 Å². The van der Waals surface area contributed by atoms with Gasteiger partial charge in [-0.3, -0.25) is 4.79 Å². The van der Waals surface area contributed by atoms with Crippen molar-refractivity contribution in [2.24, 2.45) is 0 Å². The predicted molar refractivity (Wildman–Crippen MR) is 149 cm³/mol. The van der Waals surface area contributed by atoms with Gasteiger partial charge in [-0.2, -0.15) is 0 Å². The minimum absolute atomic E-state index is 0.214. The molecule has 3 aromatic carbocycles. The average Bonchev–Trinajstić information content (AvgIpc) is 2.85. The molecule has 0 bridgehead atoms. The van der Waals surface area contributed by atoms with Crippen LogP contribution in [0.1, 0.15) is 31.9 Å². The Morgan fingerprint density at radius 1 is 1.03 bits per heavy atom. The number of hydrogen-bond acceptors (Lipinski definition) is 4. The second kappa shape index (κ2) is 13.2. The summed E-state index contributed by atoms with van der Waals surface area (Å²) < 4.78 is 12.6. The second-order valence-corrected chi connectivity index (χ2v) is 8.95. The molecule has 0 aliphatic rings. The normalized spacial score (nSPS) is 10.9. The van der Waals surface area contributed by atoms with Crippen LogP contribution in [-0.2, 0) is 11.4 Å². The van der Waals surface area contributed by atoms with Crippen molar-refractivity contribution < 1.29 is 14.3 Å². The van der Waals surface area contributed by atoms with E-state index in [-0.39, 0.29) is 5.91 Å². The Morgan fingerprint density at radius 3 is 2.40 bits per heavy atom. The lowest BCUT2D eigenvalue weighted by Crippen LogP contribution is -2.21. The molecule has 7 heteroatoms. The van der Waals surface area contributed by atoms with Crippen LogP contribution in [0.3, 0.4) is 0 Å². The summed E-state index contributed by atoms with van der Waals surface area (Å²) in [5.41, 5.74) is 3.57. The Kier molecular flexibility index (Phi) is 10.1. The smallest absolute Gasteiger partial charge is 0.248 e. The molecule has 1 N–H and O–H groups in total. The van der Waals surface area contributed by atoms with Crippen molar-refractivity contribution in [3.63, 3.8) is 0 Å². The number of nitrogens with one attached hydrogen (secondary N) is 1. The molecular formula is C28H30BrClN2O3. The number of rotatable bonds is 11. The van der Waals surface area contributed by atoms with Gasteiger partial charge in [0, 0.05) is 41.1 Å². The van der Waals surface area contributed by atoms with Crippen molar-refractivity contribution in [1.29, 1.82) is 0 Å². The standard InChI is InChI=1S/C28H30BrClN2O3/c1-4-32(5-2)23-14-12-22(13-15-23)31-27(33)16-11-20-17-24(29)28(26(18-20)34-6-3)35-19-21-9-7-8-10-25(21)30/h7-18H,4-6,19H2,1-3H3,(H,31,33)/b16-11+. The average molecular weight is 558 g/mol. The highest BCUT2D eigenvalue weighted by Crippen LogP contribution is 2.38. The zero-order valence-corrected chi connectivity index (χ0v) is 22.5. The topological polar surface area (TPSA) is 50.8 Å². The molecule has 0 fully saturated rings. The quantitative estimate of drug-likeness (QED) is 0.247. The number of anilines is 2. The molecule has 35 heavy (non-hydrogen) atoms. The Bertz CT molecular complexity index is 1160. The van der Waals surface area contributed by atoms with Gasteiger partial charge in [-0.25, -0.2) is 0 Å². The fraction of sp³-hybridized carbons (Fsp3) is 0.250. The van der Waals surface area contributed by atoms with Gasteiger partial charge in [0.15, 0.2) is 11.5 Å². The summed E-state index contributed by atoms with van der Waals surface area (Å²) in [5, 5.41) is 3.55. The molecule has 5 nitrogen and oxygen atoms in total. The molecule has 0 aliphatic carbocycles. The number of halogens is 2. The molecule has 0 saturated heterocycles. The van der Waals surface area contributed by atoms with Crippen molar-refractivity contribution in [1.82, 2.24) is 0 Å². The van der Waals surface area contributed by atoms with E-state index < -0.39 is 0 Å². The van der Waals surface area contributed by atoms with Crippen LogP contribution >= 0.6 is 27.5 Å². The molecule has 1 amide bonds. The monoisotopic (exact) mass is 556 g/mol. The van der Waals surface area contributed by atoms with Crippen LogP contribution in [0.25, 0.3) is 6.08 Å². The first-order valence-electron chi connectivity index (χ1n) is 11.6. The summed E-state index contributed by atoms with van der Waals surface area (Å²) in [4.78, 5) is 14.7. The largest absolute Gasteiger partial charge is 0.490 e. The van der Waals surface area contributed by atoms with E-state index in [9.17, 15) is 4.79 Å². The molecule has 3 rings (SSSR count). The molecule has 0 aromatic heterocycles. The van der Waals surface area contributed by atoms with Crippen molar-refractivity contribution >= 4 is 50.9 Å². The maximum absolute atomic E-state index is 12.5. The summed E-state index contributed by atoms with van der Waals surface area (Å²) in [5.74, 6) is 0.955.